The molecule has 21 heavy (non-hydrogen) atoms. The van der Waals surface area contributed by atoms with Crippen molar-refractivity contribution in [2.75, 3.05) is 0 Å². The monoisotopic (exact) mass is 286 g/mol. The summed E-state index contributed by atoms with van der Waals surface area (Å²) in [5, 5.41) is 18.5. The molecule has 0 spiro atoms. The molecule has 0 unspecified atom stereocenters. The van der Waals surface area contributed by atoms with Crippen LogP contribution in [-0.4, -0.2) is 28.0 Å². The molecule has 1 aliphatic rings. The van der Waals surface area contributed by atoms with Crippen LogP contribution >= 0.6 is 0 Å². The second kappa shape index (κ2) is 5.88. The van der Waals surface area contributed by atoms with Crippen LogP contribution in [0.1, 0.15) is 18.4 Å². The van der Waals surface area contributed by atoms with E-state index in [1.54, 1.807) is 6.07 Å². The Hall–Kier alpha value is -3.14. The molecule has 7 nitrogen and oxygen atoms in total. The van der Waals surface area contributed by atoms with Gasteiger partial charge in [-0.2, -0.15) is 5.26 Å². The predicted octanol–water partition coefficient (Wildman–Crippen LogP) is 0.906. The van der Waals surface area contributed by atoms with Gasteiger partial charge in [-0.25, -0.2) is 4.79 Å². The van der Waals surface area contributed by atoms with Crippen molar-refractivity contribution in [2.45, 2.75) is 12.8 Å². The number of hydrogen-bond acceptors (Lipinski definition) is 6. The van der Waals surface area contributed by atoms with E-state index < -0.39 is 17.8 Å². The van der Waals surface area contributed by atoms with E-state index in [-0.39, 0.29) is 24.2 Å². The number of rotatable bonds is 3. The third kappa shape index (κ3) is 3.25. The van der Waals surface area contributed by atoms with Crippen LogP contribution in [0.25, 0.3) is 6.08 Å². The van der Waals surface area contributed by atoms with Gasteiger partial charge in [0.15, 0.2) is 0 Å². The van der Waals surface area contributed by atoms with Crippen molar-refractivity contribution >= 4 is 23.9 Å². The van der Waals surface area contributed by atoms with Crippen molar-refractivity contribution in [3.05, 3.63) is 35.4 Å². The maximum Gasteiger partial charge on any atom is 0.374 e. The first kappa shape index (κ1) is 14.3. The van der Waals surface area contributed by atoms with Crippen LogP contribution in [0.3, 0.4) is 0 Å². The number of carbonyl (C=O) groups excluding carboxylic acids is 3. The number of hydrogen-bond donors (Lipinski definition) is 1. The van der Waals surface area contributed by atoms with E-state index in [2.05, 4.69) is 4.84 Å². The number of amides is 2. The summed E-state index contributed by atoms with van der Waals surface area (Å²) in [7, 11) is 0. The zero-order valence-corrected chi connectivity index (χ0v) is 10.8. The molecule has 0 radical (unpaired) electrons. The molecule has 2 rings (SSSR count). The summed E-state index contributed by atoms with van der Waals surface area (Å²) in [5.41, 5.74) is 0.119. The topological polar surface area (TPSA) is 108 Å². The molecule has 0 atom stereocenters. The van der Waals surface area contributed by atoms with Gasteiger partial charge in [0.25, 0.3) is 11.8 Å². The molecule has 0 bridgehead atoms. The van der Waals surface area contributed by atoms with Crippen molar-refractivity contribution in [3.8, 4) is 11.8 Å². The highest BCUT2D eigenvalue weighted by Crippen LogP contribution is 2.16. The van der Waals surface area contributed by atoms with Gasteiger partial charge in [-0.3, -0.25) is 9.59 Å². The second-order valence-corrected chi connectivity index (χ2v) is 4.22. The third-order valence-corrected chi connectivity index (χ3v) is 2.72. The van der Waals surface area contributed by atoms with Crippen molar-refractivity contribution in [2.24, 2.45) is 0 Å². The Balaban J connectivity index is 2.15. The SMILES string of the molecule is N#C/C(=C\c1ccc(O)cc1)C(=O)ON1C(=O)CCC1=O. The number of hydroxylamine groups is 2. The van der Waals surface area contributed by atoms with Crippen molar-refractivity contribution in [1.82, 2.24) is 5.06 Å². The summed E-state index contributed by atoms with van der Waals surface area (Å²) in [4.78, 5) is 39.1. The molecule has 1 N–H and O–H groups in total. The number of carbonyl (C=O) groups is 3. The predicted molar refractivity (Wildman–Crippen MR) is 68.9 cm³/mol. The lowest BCUT2D eigenvalue weighted by molar-refractivity contribution is -0.194. The third-order valence-electron chi connectivity index (χ3n) is 2.72. The maximum atomic E-state index is 11.8. The van der Waals surface area contributed by atoms with Crippen LogP contribution in [0.4, 0.5) is 0 Å². The zero-order valence-electron chi connectivity index (χ0n) is 10.8. The lowest BCUT2D eigenvalue weighted by atomic mass is 10.1. The lowest BCUT2D eigenvalue weighted by Crippen LogP contribution is -2.32. The van der Waals surface area contributed by atoms with Gasteiger partial charge >= 0.3 is 5.97 Å². The molecule has 1 heterocycles. The van der Waals surface area contributed by atoms with Crippen LogP contribution in [0.5, 0.6) is 5.75 Å². The summed E-state index contributed by atoms with van der Waals surface area (Å²) >= 11 is 0. The number of nitriles is 1. The maximum absolute atomic E-state index is 11.8. The van der Waals surface area contributed by atoms with Crippen LogP contribution in [0.2, 0.25) is 0 Å². The molecular formula is C14H10N2O5. The van der Waals surface area contributed by atoms with Gasteiger partial charge in [0.05, 0.1) is 0 Å². The zero-order chi connectivity index (χ0) is 15.4. The van der Waals surface area contributed by atoms with E-state index in [9.17, 15) is 14.4 Å². The molecule has 2 amide bonds. The van der Waals surface area contributed by atoms with Gasteiger partial charge in [0.2, 0.25) is 0 Å². The normalized spacial score (nSPS) is 15.0. The highest BCUT2D eigenvalue weighted by atomic mass is 16.7. The van der Waals surface area contributed by atoms with E-state index in [0.717, 1.165) is 0 Å². The Bertz CT molecular complexity index is 654. The van der Waals surface area contributed by atoms with Crippen molar-refractivity contribution < 1.29 is 24.3 Å². The molecule has 1 aromatic carbocycles. The molecule has 1 aromatic rings. The van der Waals surface area contributed by atoms with Crippen LogP contribution in [0.15, 0.2) is 29.8 Å². The summed E-state index contributed by atoms with van der Waals surface area (Å²) in [6, 6.07) is 7.40. The Morgan fingerprint density at radius 2 is 1.81 bits per heavy atom. The molecular weight excluding hydrogens is 276 g/mol. The van der Waals surface area contributed by atoms with Gasteiger partial charge in [-0.15, -0.1) is 5.06 Å². The largest absolute Gasteiger partial charge is 0.508 e. The van der Waals surface area contributed by atoms with Gasteiger partial charge in [-0.1, -0.05) is 12.1 Å². The minimum atomic E-state index is -1.09. The fourth-order valence-corrected chi connectivity index (χ4v) is 1.66. The number of aromatic hydroxyl groups is 1. The standard InChI is InChI=1S/C14H10N2O5/c15-8-10(7-9-1-3-11(17)4-2-9)14(20)21-16-12(18)5-6-13(16)19/h1-4,7,17H,5-6H2/b10-7+. The number of phenolic OH excluding ortho intramolecular Hbond substituents is 1. The first-order valence-electron chi connectivity index (χ1n) is 6.00. The van der Waals surface area contributed by atoms with Gasteiger partial charge in [0, 0.05) is 12.8 Å². The fourth-order valence-electron chi connectivity index (χ4n) is 1.66. The quantitative estimate of drug-likeness (QED) is 0.502. The Labute approximate surface area is 119 Å². The molecule has 0 aliphatic carbocycles. The van der Waals surface area contributed by atoms with Crippen LogP contribution in [0, 0.1) is 11.3 Å². The molecule has 1 saturated heterocycles. The Kier molecular flexibility index (Phi) is 4.00. The van der Waals surface area contributed by atoms with Crippen molar-refractivity contribution in [1.29, 1.82) is 5.26 Å². The number of imide groups is 1. The summed E-state index contributed by atoms with van der Waals surface area (Å²) < 4.78 is 0. The highest BCUT2D eigenvalue weighted by molar-refractivity contribution is 6.04. The Morgan fingerprint density at radius 3 is 2.33 bits per heavy atom. The van der Waals surface area contributed by atoms with Gasteiger partial charge in [-0.05, 0) is 23.8 Å². The molecule has 0 saturated carbocycles. The van der Waals surface area contributed by atoms with E-state index in [1.807, 2.05) is 0 Å². The van der Waals surface area contributed by atoms with E-state index >= 15 is 0 Å². The van der Waals surface area contributed by atoms with Crippen molar-refractivity contribution in [3.63, 3.8) is 0 Å². The number of phenols is 1. The highest BCUT2D eigenvalue weighted by Gasteiger charge is 2.33. The molecule has 1 fully saturated rings. The summed E-state index contributed by atoms with van der Waals surface area (Å²) in [6.07, 6.45) is 1.19. The summed E-state index contributed by atoms with van der Waals surface area (Å²) in [5.74, 6) is -2.28. The average Bonchev–Trinajstić information content (AvgIpc) is 2.78. The van der Waals surface area contributed by atoms with Gasteiger partial charge in [0.1, 0.15) is 17.4 Å². The smallest absolute Gasteiger partial charge is 0.374 e. The van der Waals surface area contributed by atoms with Crippen LogP contribution in [-0.2, 0) is 19.2 Å². The molecule has 7 heteroatoms. The second-order valence-electron chi connectivity index (χ2n) is 4.22. The van der Waals surface area contributed by atoms with E-state index in [0.29, 0.717) is 10.6 Å². The molecule has 1 aliphatic heterocycles. The van der Waals surface area contributed by atoms with E-state index in [1.165, 1.54) is 30.3 Å². The Morgan fingerprint density at radius 1 is 1.24 bits per heavy atom. The van der Waals surface area contributed by atoms with Gasteiger partial charge < -0.3 is 9.94 Å². The number of nitrogens with zero attached hydrogens (tertiary/aromatic N) is 2. The van der Waals surface area contributed by atoms with E-state index in [4.69, 9.17) is 10.4 Å². The average molecular weight is 286 g/mol. The summed E-state index contributed by atoms with van der Waals surface area (Å²) in [6.45, 7) is 0. The fraction of sp³-hybridized carbons (Fsp3) is 0.143. The minimum Gasteiger partial charge on any atom is -0.508 e. The molecule has 0 aromatic heterocycles. The van der Waals surface area contributed by atoms with Crippen LogP contribution < -0.4 is 0 Å². The first-order chi connectivity index (χ1) is 10.0. The lowest BCUT2D eigenvalue weighted by Gasteiger charge is -2.11. The number of benzene rings is 1. The molecule has 106 valence electrons. The minimum absolute atomic E-state index is 0.0182. The first-order valence-corrected chi connectivity index (χ1v) is 6.00.